The summed E-state index contributed by atoms with van der Waals surface area (Å²) in [5, 5.41) is 1.97. The van der Waals surface area contributed by atoms with E-state index in [1.54, 1.807) is 14.2 Å². The van der Waals surface area contributed by atoms with Gasteiger partial charge in [0.25, 0.3) is 5.91 Å². The van der Waals surface area contributed by atoms with E-state index < -0.39 is 0 Å². The lowest BCUT2D eigenvalue weighted by atomic mass is 10.0. The topological polar surface area (TPSA) is 38.8 Å². The maximum Gasteiger partial charge on any atom is 0.264 e. The van der Waals surface area contributed by atoms with Gasteiger partial charge in [0.1, 0.15) is 11.5 Å². The van der Waals surface area contributed by atoms with Crippen LogP contribution in [0, 0.1) is 6.92 Å². The molecular weight excluding hydrogens is 310 g/mol. The van der Waals surface area contributed by atoms with Crippen LogP contribution in [0.4, 0.5) is 0 Å². The van der Waals surface area contributed by atoms with E-state index >= 15 is 0 Å². The Bertz CT molecular complexity index is 710. The van der Waals surface area contributed by atoms with Crippen molar-refractivity contribution < 1.29 is 14.3 Å². The number of nitrogens with zero attached hydrogens (tertiary/aromatic N) is 1. The van der Waals surface area contributed by atoms with Crippen LogP contribution < -0.4 is 9.47 Å². The summed E-state index contributed by atoms with van der Waals surface area (Å²) in [4.78, 5) is 15.7. The number of hydrogen-bond donors (Lipinski definition) is 0. The molecule has 0 spiro atoms. The predicted molar refractivity (Wildman–Crippen MR) is 91.6 cm³/mol. The first kappa shape index (κ1) is 15.9. The second kappa shape index (κ2) is 6.62. The summed E-state index contributed by atoms with van der Waals surface area (Å²) in [5.74, 6) is 1.66. The highest BCUT2D eigenvalue weighted by Gasteiger charge is 2.33. The number of benzene rings is 1. The molecule has 1 atom stereocenters. The molecule has 4 nitrogen and oxygen atoms in total. The van der Waals surface area contributed by atoms with Crippen molar-refractivity contribution in [2.75, 3.05) is 20.8 Å². The molecule has 1 aliphatic rings. The molecule has 0 bridgehead atoms. The van der Waals surface area contributed by atoms with Crippen LogP contribution in [0.25, 0.3) is 0 Å². The van der Waals surface area contributed by atoms with Gasteiger partial charge in [0, 0.05) is 18.2 Å². The molecule has 0 saturated carbocycles. The summed E-state index contributed by atoms with van der Waals surface area (Å²) >= 11 is 1.52. The van der Waals surface area contributed by atoms with E-state index in [2.05, 4.69) is 0 Å². The minimum Gasteiger partial charge on any atom is -0.497 e. The van der Waals surface area contributed by atoms with Crippen molar-refractivity contribution in [3.8, 4) is 11.5 Å². The molecule has 122 valence electrons. The summed E-state index contributed by atoms with van der Waals surface area (Å²) in [6.07, 6.45) is 1.97. The maximum absolute atomic E-state index is 12.9. The van der Waals surface area contributed by atoms with E-state index in [4.69, 9.17) is 9.47 Å². The van der Waals surface area contributed by atoms with E-state index in [9.17, 15) is 4.79 Å². The fraction of sp³-hybridized carbons (Fsp3) is 0.389. The number of rotatable bonds is 4. The molecule has 1 unspecified atom stereocenters. The normalized spacial score (nSPS) is 17.3. The fourth-order valence-corrected chi connectivity index (χ4v) is 4.03. The molecule has 1 fully saturated rings. The maximum atomic E-state index is 12.9. The highest BCUT2D eigenvalue weighted by Crippen LogP contribution is 2.39. The number of aryl methyl sites for hydroxylation is 1. The molecule has 23 heavy (non-hydrogen) atoms. The molecule has 0 aliphatic carbocycles. The number of methoxy groups -OCH3 is 2. The number of carbonyl (C=O) groups is 1. The van der Waals surface area contributed by atoms with E-state index in [-0.39, 0.29) is 11.9 Å². The molecule has 1 saturated heterocycles. The van der Waals surface area contributed by atoms with Gasteiger partial charge in [0.15, 0.2) is 0 Å². The van der Waals surface area contributed by atoms with Crippen molar-refractivity contribution in [3.05, 3.63) is 45.6 Å². The van der Waals surface area contributed by atoms with Crippen molar-refractivity contribution in [1.82, 2.24) is 4.90 Å². The number of hydrogen-bond acceptors (Lipinski definition) is 4. The van der Waals surface area contributed by atoms with Crippen LogP contribution in [-0.2, 0) is 0 Å². The van der Waals surface area contributed by atoms with Gasteiger partial charge in [0.2, 0.25) is 0 Å². The predicted octanol–water partition coefficient (Wildman–Crippen LogP) is 4.05. The molecule has 0 N–H and O–H groups in total. The van der Waals surface area contributed by atoms with Crippen molar-refractivity contribution >= 4 is 17.2 Å². The quantitative estimate of drug-likeness (QED) is 0.848. The van der Waals surface area contributed by atoms with Gasteiger partial charge in [0.05, 0.1) is 25.1 Å². The average Bonchev–Trinajstić information content (AvgIpc) is 3.22. The van der Waals surface area contributed by atoms with E-state index in [0.717, 1.165) is 46.9 Å². The van der Waals surface area contributed by atoms with Gasteiger partial charge in [-0.25, -0.2) is 0 Å². The Labute approximate surface area is 140 Å². The van der Waals surface area contributed by atoms with Gasteiger partial charge in [-0.1, -0.05) is 0 Å². The van der Waals surface area contributed by atoms with Crippen LogP contribution in [0.2, 0.25) is 0 Å². The first-order chi connectivity index (χ1) is 11.2. The first-order valence-electron chi connectivity index (χ1n) is 7.72. The Morgan fingerprint density at radius 3 is 2.74 bits per heavy atom. The molecular formula is C18H21NO3S. The molecule has 1 aromatic carbocycles. The van der Waals surface area contributed by atoms with Crippen molar-refractivity contribution in [2.45, 2.75) is 25.8 Å². The van der Waals surface area contributed by atoms with E-state index in [0.29, 0.717) is 0 Å². The lowest BCUT2D eigenvalue weighted by Crippen LogP contribution is -2.30. The van der Waals surface area contributed by atoms with Crippen molar-refractivity contribution in [1.29, 1.82) is 0 Å². The third-order valence-corrected chi connectivity index (χ3v) is 5.37. The third kappa shape index (κ3) is 2.93. The zero-order chi connectivity index (χ0) is 16.4. The van der Waals surface area contributed by atoms with Crippen LogP contribution in [0.5, 0.6) is 11.5 Å². The number of carbonyl (C=O) groups excluding carboxylic acids is 1. The molecule has 5 heteroatoms. The highest BCUT2D eigenvalue weighted by molar-refractivity contribution is 7.12. The minimum atomic E-state index is 0.0601. The molecule has 3 rings (SSSR count). The zero-order valence-corrected chi connectivity index (χ0v) is 14.5. The summed E-state index contributed by atoms with van der Waals surface area (Å²) in [7, 11) is 3.29. The van der Waals surface area contributed by atoms with Gasteiger partial charge < -0.3 is 14.4 Å². The molecule has 1 amide bonds. The number of amides is 1. The van der Waals surface area contributed by atoms with Crippen molar-refractivity contribution in [3.63, 3.8) is 0 Å². The lowest BCUT2D eigenvalue weighted by Gasteiger charge is -2.26. The molecule has 2 heterocycles. The Kier molecular flexibility index (Phi) is 4.57. The minimum absolute atomic E-state index is 0.0601. The lowest BCUT2D eigenvalue weighted by molar-refractivity contribution is 0.0738. The van der Waals surface area contributed by atoms with Gasteiger partial charge >= 0.3 is 0 Å². The zero-order valence-electron chi connectivity index (χ0n) is 13.7. The molecule has 1 aromatic heterocycles. The van der Waals surface area contributed by atoms with Gasteiger partial charge in [-0.05, 0) is 48.9 Å². The number of thiophene rings is 1. The summed E-state index contributed by atoms with van der Waals surface area (Å²) < 4.78 is 10.8. The number of likely N-dealkylation sites (tertiary alicyclic amines) is 1. The van der Waals surface area contributed by atoms with Gasteiger partial charge in [-0.2, -0.15) is 0 Å². The monoisotopic (exact) mass is 331 g/mol. The van der Waals surface area contributed by atoms with Crippen molar-refractivity contribution in [2.24, 2.45) is 0 Å². The first-order valence-corrected chi connectivity index (χ1v) is 8.60. The third-order valence-electron chi connectivity index (χ3n) is 4.37. The van der Waals surface area contributed by atoms with Crippen LogP contribution in [0.1, 0.15) is 39.7 Å². The van der Waals surface area contributed by atoms with Gasteiger partial charge in [-0.3, -0.25) is 4.79 Å². The number of ether oxygens (including phenoxy) is 2. The van der Waals surface area contributed by atoms with Crippen LogP contribution in [0.15, 0.2) is 29.6 Å². The Hall–Kier alpha value is -2.01. The standard InChI is InChI=1S/C18H21NO3S/c1-12-8-10-23-17(12)18(20)19-9-4-5-15(19)14-7-6-13(21-2)11-16(14)22-3/h6-8,10-11,15H,4-5,9H2,1-3H3. The van der Waals surface area contributed by atoms with Crippen LogP contribution in [0.3, 0.4) is 0 Å². The van der Waals surface area contributed by atoms with E-state index in [1.807, 2.05) is 41.5 Å². The molecule has 1 aliphatic heterocycles. The van der Waals surface area contributed by atoms with E-state index in [1.165, 1.54) is 11.3 Å². The molecule has 2 aromatic rings. The second-order valence-corrected chi connectivity index (χ2v) is 6.61. The van der Waals surface area contributed by atoms with Crippen LogP contribution in [-0.4, -0.2) is 31.6 Å². The summed E-state index contributed by atoms with van der Waals surface area (Å²) in [6.45, 7) is 2.78. The SMILES string of the molecule is COc1ccc(C2CCCN2C(=O)c2sccc2C)c(OC)c1. The second-order valence-electron chi connectivity index (χ2n) is 5.70. The Morgan fingerprint density at radius 2 is 2.09 bits per heavy atom. The summed E-state index contributed by atoms with van der Waals surface area (Å²) in [5.41, 5.74) is 2.10. The Morgan fingerprint density at radius 1 is 1.26 bits per heavy atom. The largest absolute Gasteiger partial charge is 0.497 e. The van der Waals surface area contributed by atoms with Crippen LogP contribution >= 0.6 is 11.3 Å². The summed E-state index contributed by atoms with van der Waals surface area (Å²) in [6, 6.07) is 7.87. The Balaban J connectivity index is 1.93. The average molecular weight is 331 g/mol. The van der Waals surface area contributed by atoms with Gasteiger partial charge in [-0.15, -0.1) is 11.3 Å². The smallest absolute Gasteiger partial charge is 0.264 e. The highest BCUT2D eigenvalue weighted by atomic mass is 32.1. The molecule has 0 radical (unpaired) electrons. The fourth-order valence-electron chi connectivity index (χ4n) is 3.15.